The predicted molar refractivity (Wildman–Crippen MR) is 57.9 cm³/mol. The molecule has 0 atom stereocenters. The van der Waals surface area contributed by atoms with E-state index < -0.39 is 10.0 Å². The molecule has 1 aromatic heterocycles. The first kappa shape index (κ1) is 9.64. The minimum Gasteiger partial charge on any atom is -0.224 e. The summed E-state index contributed by atoms with van der Waals surface area (Å²) in [5, 5.41) is 5.97. The molecule has 0 unspecified atom stereocenters. The van der Waals surface area contributed by atoms with E-state index in [0.29, 0.717) is 0 Å². The van der Waals surface area contributed by atoms with E-state index in [1.165, 1.54) is 11.3 Å². The molecule has 0 saturated heterocycles. The first-order valence-electron chi connectivity index (χ1n) is 4.00. The molecule has 0 fully saturated rings. The first-order chi connectivity index (χ1) is 6.47. The number of hydrogen-bond acceptors (Lipinski definition) is 3. The summed E-state index contributed by atoms with van der Waals surface area (Å²) >= 11 is 1.20. The van der Waals surface area contributed by atoms with Gasteiger partial charge >= 0.3 is 0 Å². The van der Waals surface area contributed by atoms with Gasteiger partial charge in [-0.05, 0) is 24.4 Å². The fraction of sp³-hybridized carbons (Fsp3) is 0.111. The molecule has 0 bridgehead atoms. The zero-order chi connectivity index (χ0) is 10.3. The predicted octanol–water partition coefficient (Wildman–Crippen LogP) is 1.86. The molecule has 0 spiro atoms. The Morgan fingerprint density at radius 2 is 2.00 bits per heavy atom. The third-order valence-electron chi connectivity index (χ3n) is 1.93. The zero-order valence-corrected chi connectivity index (χ0v) is 9.15. The van der Waals surface area contributed by atoms with Gasteiger partial charge in [0, 0.05) is 4.70 Å². The lowest BCUT2D eigenvalue weighted by Gasteiger charge is -1.89. The second-order valence-electron chi connectivity index (χ2n) is 3.15. The van der Waals surface area contributed by atoms with Gasteiger partial charge in [-0.2, -0.15) is 0 Å². The lowest BCUT2D eigenvalue weighted by molar-refractivity contribution is 0.600. The molecule has 0 amide bonds. The molecule has 0 aliphatic rings. The van der Waals surface area contributed by atoms with Gasteiger partial charge in [-0.15, -0.1) is 11.3 Å². The van der Waals surface area contributed by atoms with Crippen LogP contribution in [0.1, 0.15) is 5.56 Å². The maximum absolute atomic E-state index is 11.1. The highest BCUT2D eigenvalue weighted by atomic mass is 32.2. The van der Waals surface area contributed by atoms with Crippen molar-refractivity contribution in [2.24, 2.45) is 5.14 Å². The van der Waals surface area contributed by atoms with Gasteiger partial charge in [0.2, 0.25) is 10.0 Å². The minimum absolute atomic E-state index is 0.220. The molecule has 0 aliphatic heterocycles. The number of nitrogens with two attached hydrogens (primary N) is 1. The summed E-state index contributed by atoms with van der Waals surface area (Å²) in [6.45, 7) is 1.97. The quantitative estimate of drug-likeness (QED) is 0.808. The lowest BCUT2D eigenvalue weighted by Crippen LogP contribution is -2.09. The monoisotopic (exact) mass is 227 g/mol. The standard InChI is InChI=1S/C9H9NO2S2/c1-6-2-3-8-7(4-6)5-9(13-8)14(10,11)12/h2-5H,1H3,(H2,10,11,12). The van der Waals surface area contributed by atoms with Crippen LogP contribution < -0.4 is 5.14 Å². The van der Waals surface area contributed by atoms with Gasteiger partial charge in [-0.3, -0.25) is 0 Å². The molecule has 2 rings (SSSR count). The van der Waals surface area contributed by atoms with E-state index in [4.69, 9.17) is 5.14 Å². The molecular formula is C9H9NO2S2. The van der Waals surface area contributed by atoms with Crippen LogP contribution in [-0.4, -0.2) is 8.42 Å². The fourth-order valence-electron chi connectivity index (χ4n) is 1.28. The van der Waals surface area contributed by atoms with E-state index in [1.54, 1.807) is 6.07 Å². The Balaban J connectivity index is 2.75. The largest absolute Gasteiger partial charge is 0.247 e. The highest BCUT2D eigenvalue weighted by molar-refractivity contribution is 7.91. The number of sulfonamides is 1. The number of rotatable bonds is 1. The Kier molecular flexibility index (Phi) is 2.10. The lowest BCUT2D eigenvalue weighted by atomic mass is 10.2. The second kappa shape index (κ2) is 3.05. The third-order valence-corrected chi connectivity index (χ3v) is 4.47. The molecule has 14 heavy (non-hydrogen) atoms. The van der Waals surface area contributed by atoms with Crippen LogP contribution in [0.4, 0.5) is 0 Å². The summed E-state index contributed by atoms with van der Waals surface area (Å²) < 4.78 is 23.3. The van der Waals surface area contributed by atoms with E-state index >= 15 is 0 Å². The average Bonchev–Trinajstić information content (AvgIpc) is 2.45. The van der Waals surface area contributed by atoms with Crippen molar-refractivity contribution in [1.82, 2.24) is 0 Å². The topological polar surface area (TPSA) is 60.2 Å². The van der Waals surface area contributed by atoms with Gasteiger partial charge in [0.1, 0.15) is 4.21 Å². The smallest absolute Gasteiger partial charge is 0.224 e. The summed E-state index contributed by atoms with van der Waals surface area (Å²) in [7, 11) is -3.56. The summed E-state index contributed by atoms with van der Waals surface area (Å²) in [5.41, 5.74) is 1.11. The van der Waals surface area contributed by atoms with Crippen molar-refractivity contribution >= 4 is 31.4 Å². The van der Waals surface area contributed by atoms with Crippen molar-refractivity contribution in [3.8, 4) is 0 Å². The Bertz CT molecular complexity index is 584. The molecular weight excluding hydrogens is 218 g/mol. The normalized spacial score (nSPS) is 12.1. The number of primary sulfonamides is 1. The van der Waals surface area contributed by atoms with Crippen molar-refractivity contribution in [3.05, 3.63) is 29.8 Å². The van der Waals surface area contributed by atoms with Gasteiger partial charge < -0.3 is 0 Å². The van der Waals surface area contributed by atoms with E-state index in [1.807, 2.05) is 25.1 Å². The van der Waals surface area contributed by atoms with Crippen molar-refractivity contribution in [1.29, 1.82) is 0 Å². The van der Waals surface area contributed by atoms with Crippen molar-refractivity contribution in [2.75, 3.05) is 0 Å². The summed E-state index contributed by atoms with van der Waals surface area (Å²) in [6, 6.07) is 7.42. The van der Waals surface area contributed by atoms with Crippen LogP contribution >= 0.6 is 11.3 Å². The molecule has 0 saturated carbocycles. The van der Waals surface area contributed by atoms with Gasteiger partial charge in [-0.25, -0.2) is 13.6 Å². The number of fused-ring (bicyclic) bond motifs is 1. The second-order valence-corrected chi connectivity index (χ2v) is 6.02. The number of hydrogen-bond donors (Lipinski definition) is 1. The number of aryl methyl sites for hydroxylation is 1. The van der Waals surface area contributed by atoms with Crippen LogP contribution in [0.3, 0.4) is 0 Å². The van der Waals surface area contributed by atoms with Gasteiger partial charge in [0.25, 0.3) is 0 Å². The van der Waals surface area contributed by atoms with Crippen LogP contribution in [0, 0.1) is 6.92 Å². The van der Waals surface area contributed by atoms with Crippen LogP contribution in [0.15, 0.2) is 28.5 Å². The Morgan fingerprint density at radius 1 is 1.29 bits per heavy atom. The summed E-state index contributed by atoms with van der Waals surface area (Å²) in [6.07, 6.45) is 0. The van der Waals surface area contributed by atoms with E-state index in [-0.39, 0.29) is 4.21 Å². The molecule has 0 radical (unpaired) electrons. The summed E-state index contributed by atoms with van der Waals surface area (Å²) in [5.74, 6) is 0. The van der Waals surface area contributed by atoms with Gasteiger partial charge in [0.05, 0.1) is 0 Å². The fourth-order valence-corrected chi connectivity index (χ4v) is 3.08. The zero-order valence-electron chi connectivity index (χ0n) is 7.52. The van der Waals surface area contributed by atoms with Crippen LogP contribution in [0.25, 0.3) is 10.1 Å². The van der Waals surface area contributed by atoms with E-state index in [9.17, 15) is 8.42 Å². The minimum atomic E-state index is -3.56. The van der Waals surface area contributed by atoms with Gasteiger partial charge in [-0.1, -0.05) is 17.7 Å². The maximum atomic E-state index is 11.1. The number of thiophene rings is 1. The molecule has 2 N–H and O–H groups in total. The molecule has 1 aromatic carbocycles. The molecule has 0 aliphatic carbocycles. The van der Waals surface area contributed by atoms with Crippen molar-refractivity contribution in [3.63, 3.8) is 0 Å². The highest BCUT2D eigenvalue weighted by Crippen LogP contribution is 2.28. The molecule has 2 aromatic rings. The van der Waals surface area contributed by atoms with Crippen molar-refractivity contribution < 1.29 is 8.42 Å². The van der Waals surface area contributed by atoms with Crippen LogP contribution in [-0.2, 0) is 10.0 Å². The molecule has 3 nitrogen and oxygen atoms in total. The van der Waals surface area contributed by atoms with Crippen molar-refractivity contribution in [2.45, 2.75) is 11.1 Å². The Hall–Kier alpha value is -0.910. The average molecular weight is 227 g/mol. The number of benzene rings is 1. The first-order valence-corrected chi connectivity index (χ1v) is 6.36. The maximum Gasteiger partial charge on any atom is 0.247 e. The van der Waals surface area contributed by atoms with Gasteiger partial charge in [0.15, 0.2) is 0 Å². The van der Waals surface area contributed by atoms with Crippen LogP contribution in [0.5, 0.6) is 0 Å². The summed E-state index contributed by atoms with van der Waals surface area (Å²) in [4.78, 5) is 0. The highest BCUT2D eigenvalue weighted by Gasteiger charge is 2.11. The molecule has 1 heterocycles. The molecule has 74 valence electrons. The van der Waals surface area contributed by atoms with E-state index in [2.05, 4.69) is 0 Å². The Morgan fingerprint density at radius 3 is 2.64 bits per heavy atom. The third kappa shape index (κ3) is 1.66. The molecule has 5 heteroatoms. The van der Waals surface area contributed by atoms with Crippen LogP contribution in [0.2, 0.25) is 0 Å². The SMILES string of the molecule is Cc1ccc2sc(S(N)(=O)=O)cc2c1. The Labute approximate surface area is 86.2 Å². The van der Waals surface area contributed by atoms with E-state index in [0.717, 1.165) is 15.6 Å².